The van der Waals surface area contributed by atoms with Gasteiger partial charge in [-0.1, -0.05) is 32.8 Å². The maximum atomic E-state index is 13.2. The number of nitrogens with zero attached hydrogens (tertiary/aromatic N) is 5. The molecule has 154 valence electrons. The molecule has 29 heavy (non-hydrogen) atoms. The summed E-state index contributed by atoms with van der Waals surface area (Å²) in [6, 6.07) is 5.73. The molecule has 1 aliphatic carbocycles. The smallest absolute Gasteiger partial charge is 0.272 e. The number of rotatable bonds is 3. The molecule has 2 aliphatic heterocycles. The lowest BCUT2D eigenvalue weighted by Crippen LogP contribution is -2.51. The van der Waals surface area contributed by atoms with Crippen LogP contribution in [0, 0.1) is 11.3 Å². The fraction of sp³-hybridized carbons (Fsp3) is 0.636. The van der Waals surface area contributed by atoms with Crippen molar-refractivity contribution in [3.63, 3.8) is 0 Å². The Morgan fingerprint density at radius 1 is 1.14 bits per heavy atom. The van der Waals surface area contributed by atoms with Gasteiger partial charge >= 0.3 is 0 Å². The molecule has 3 fully saturated rings. The van der Waals surface area contributed by atoms with Crippen molar-refractivity contribution >= 4 is 17.5 Å². The highest BCUT2D eigenvalue weighted by Crippen LogP contribution is 2.43. The summed E-state index contributed by atoms with van der Waals surface area (Å²) in [4.78, 5) is 34.4. The summed E-state index contributed by atoms with van der Waals surface area (Å²) in [5.74, 6) is 0.739. The zero-order valence-electron chi connectivity index (χ0n) is 17.3. The van der Waals surface area contributed by atoms with Crippen LogP contribution in [0.3, 0.4) is 0 Å². The molecule has 3 atom stereocenters. The van der Waals surface area contributed by atoms with Crippen LogP contribution in [0.4, 0.5) is 0 Å². The topological polar surface area (TPSA) is 70.8 Å². The van der Waals surface area contributed by atoms with Crippen molar-refractivity contribution in [3.05, 3.63) is 30.2 Å². The average molecular weight is 396 g/mol. The van der Waals surface area contributed by atoms with Crippen molar-refractivity contribution in [1.29, 1.82) is 0 Å². The van der Waals surface area contributed by atoms with Crippen LogP contribution >= 0.6 is 0 Å². The first kappa shape index (κ1) is 18.6. The minimum Gasteiger partial charge on any atom is -0.336 e. The number of hydrogen-bond acceptors (Lipinski definition) is 4. The van der Waals surface area contributed by atoms with Gasteiger partial charge in [-0.25, -0.2) is 9.50 Å². The van der Waals surface area contributed by atoms with Gasteiger partial charge in [-0.05, 0) is 42.7 Å². The summed E-state index contributed by atoms with van der Waals surface area (Å²) in [6.07, 6.45) is 7.91. The van der Waals surface area contributed by atoms with Crippen molar-refractivity contribution < 1.29 is 9.59 Å². The summed E-state index contributed by atoms with van der Waals surface area (Å²) >= 11 is 0. The van der Waals surface area contributed by atoms with Crippen LogP contribution in [0.15, 0.2) is 24.5 Å². The molecule has 4 heterocycles. The van der Waals surface area contributed by atoms with Gasteiger partial charge in [0.2, 0.25) is 5.91 Å². The standard InChI is InChI=1S/C22H29N5O2/c1-22(2)9-4-3-6-15(22)10-20(28)25-12-17-11-16(25)13-26(17)21(29)18-7-5-8-19-23-14-24-27(18)19/h5,7-8,14-17H,3-4,6,9-13H2,1-2H3/t15?,16-,17-/m0/s1. The van der Waals surface area contributed by atoms with E-state index in [1.807, 2.05) is 17.0 Å². The summed E-state index contributed by atoms with van der Waals surface area (Å²) in [5.41, 5.74) is 1.46. The molecule has 2 aromatic rings. The highest BCUT2D eigenvalue weighted by Gasteiger charge is 2.48. The molecule has 3 aliphatic rings. The summed E-state index contributed by atoms with van der Waals surface area (Å²) in [6.45, 7) is 5.90. The van der Waals surface area contributed by atoms with E-state index in [0.717, 1.165) is 12.8 Å². The molecule has 2 aromatic heterocycles. The van der Waals surface area contributed by atoms with E-state index >= 15 is 0 Å². The number of carbonyl (C=O) groups is 2. The Bertz CT molecular complexity index is 952. The first-order valence-electron chi connectivity index (χ1n) is 10.8. The van der Waals surface area contributed by atoms with Crippen LogP contribution in [-0.4, -0.2) is 61.4 Å². The Labute approximate surface area is 171 Å². The van der Waals surface area contributed by atoms with Gasteiger partial charge < -0.3 is 9.80 Å². The normalized spacial score (nSPS) is 28.3. The minimum absolute atomic E-state index is 0.0193. The number of hydrogen-bond donors (Lipinski definition) is 0. The minimum atomic E-state index is -0.0193. The predicted molar refractivity (Wildman–Crippen MR) is 108 cm³/mol. The third kappa shape index (κ3) is 3.11. The zero-order valence-corrected chi connectivity index (χ0v) is 17.3. The Morgan fingerprint density at radius 3 is 2.69 bits per heavy atom. The van der Waals surface area contributed by atoms with Crippen LogP contribution in [0.2, 0.25) is 0 Å². The van der Waals surface area contributed by atoms with Gasteiger partial charge in [0.1, 0.15) is 12.0 Å². The summed E-state index contributed by atoms with van der Waals surface area (Å²) < 4.78 is 1.60. The number of amides is 2. The molecule has 0 N–H and O–H groups in total. The molecule has 2 amide bonds. The maximum absolute atomic E-state index is 13.2. The third-order valence-corrected chi connectivity index (χ3v) is 7.49. The Balaban J connectivity index is 1.26. The van der Waals surface area contributed by atoms with E-state index in [2.05, 4.69) is 28.8 Å². The molecule has 0 spiro atoms. The average Bonchev–Trinajstić information content (AvgIpc) is 3.43. The lowest BCUT2D eigenvalue weighted by Gasteiger charge is -2.40. The van der Waals surface area contributed by atoms with Gasteiger partial charge in [0.15, 0.2) is 5.65 Å². The van der Waals surface area contributed by atoms with E-state index in [-0.39, 0.29) is 29.3 Å². The van der Waals surface area contributed by atoms with Crippen molar-refractivity contribution in [3.8, 4) is 0 Å². The van der Waals surface area contributed by atoms with E-state index in [4.69, 9.17) is 0 Å². The van der Waals surface area contributed by atoms with Crippen molar-refractivity contribution in [2.75, 3.05) is 13.1 Å². The predicted octanol–water partition coefficient (Wildman–Crippen LogP) is 2.76. The number of piperazine rings is 1. The molecular formula is C22H29N5O2. The highest BCUT2D eigenvalue weighted by atomic mass is 16.2. The molecule has 1 unspecified atom stereocenters. The van der Waals surface area contributed by atoms with Gasteiger partial charge in [0.05, 0.1) is 12.1 Å². The fourth-order valence-electron chi connectivity index (χ4n) is 5.65. The van der Waals surface area contributed by atoms with Crippen LogP contribution in [0.1, 0.15) is 62.9 Å². The largest absolute Gasteiger partial charge is 0.336 e. The van der Waals surface area contributed by atoms with Crippen LogP contribution in [-0.2, 0) is 4.79 Å². The number of aromatic nitrogens is 3. The first-order chi connectivity index (χ1) is 13.9. The zero-order chi connectivity index (χ0) is 20.2. The molecule has 1 saturated carbocycles. The first-order valence-corrected chi connectivity index (χ1v) is 10.8. The number of carbonyl (C=O) groups excluding carboxylic acids is 2. The van der Waals surface area contributed by atoms with E-state index in [0.29, 0.717) is 36.8 Å². The van der Waals surface area contributed by atoms with Gasteiger partial charge in [0, 0.05) is 19.5 Å². The fourth-order valence-corrected chi connectivity index (χ4v) is 5.65. The second-order valence-corrected chi connectivity index (χ2v) is 9.62. The van der Waals surface area contributed by atoms with Crippen LogP contribution < -0.4 is 0 Å². The maximum Gasteiger partial charge on any atom is 0.272 e. The molecule has 0 aromatic carbocycles. The van der Waals surface area contributed by atoms with Gasteiger partial charge in [-0.2, -0.15) is 5.10 Å². The van der Waals surface area contributed by atoms with Crippen LogP contribution in [0.25, 0.3) is 5.65 Å². The highest BCUT2D eigenvalue weighted by molar-refractivity contribution is 5.94. The lowest BCUT2D eigenvalue weighted by molar-refractivity contribution is -0.135. The molecule has 5 rings (SSSR count). The third-order valence-electron chi connectivity index (χ3n) is 7.49. The quantitative estimate of drug-likeness (QED) is 0.801. The lowest BCUT2D eigenvalue weighted by atomic mass is 9.67. The molecule has 0 radical (unpaired) electrons. The number of fused-ring (bicyclic) bond motifs is 3. The number of pyridine rings is 1. The molecular weight excluding hydrogens is 366 g/mol. The second kappa shape index (κ2) is 6.82. The molecule has 7 heteroatoms. The van der Waals surface area contributed by atoms with E-state index < -0.39 is 0 Å². The van der Waals surface area contributed by atoms with E-state index in [1.54, 1.807) is 10.6 Å². The van der Waals surface area contributed by atoms with Gasteiger partial charge in [0.25, 0.3) is 5.91 Å². The van der Waals surface area contributed by atoms with E-state index in [1.165, 1.54) is 25.6 Å². The molecule has 2 saturated heterocycles. The molecule has 7 nitrogen and oxygen atoms in total. The second-order valence-electron chi connectivity index (χ2n) is 9.62. The van der Waals surface area contributed by atoms with Crippen molar-refractivity contribution in [1.82, 2.24) is 24.4 Å². The van der Waals surface area contributed by atoms with Crippen molar-refractivity contribution in [2.45, 2.75) is 64.5 Å². The van der Waals surface area contributed by atoms with Crippen molar-refractivity contribution in [2.24, 2.45) is 11.3 Å². The Morgan fingerprint density at radius 2 is 1.93 bits per heavy atom. The monoisotopic (exact) mass is 395 g/mol. The summed E-state index contributed by atoms with van der Waals surface area (Å²) in [5, 5.41) is 4.19. The van der Waals surface area contributed by atoms with Crippen LogP contribution in [0.5, 0.6) is 0 Å². The van der Waals surface area contributed by atoms with Gasteiger partial charge in [-0.3, -0.25) is 9.59 Å². The number of likely N-dealkylation sites (tertiary alicyclic amines) is 2. The van der Waals surface area contributed by atoms with Gasteiger partial charge in [-0.15, -0.1) is 0 Å². The Kier molecular flexibility index (Phi) is 4.37. The van der Waals surface area contributed by atoms with E-state index in [9.17, 15) is 9.59 Å². The molecule has 2 bridgehead atoms. The summed E-state index contributed by atoms with van der Waals surface area (Å²) in [7, 11) is 0. The SMILES string of the molecule is CC1(C)CCCCC1CC(=O)N1C[C@@H]2C[C@H]1CN2C(=O)c1cccc2ncnn12. The Hall–Kier alpha value is -2.44.